The molecule has 0 aliphatic rings. The maximum absolute atomic E-state index is 6.02. The molecule has 0 aliphatic carbocycles. The molecule has 0 saturated carbocycles. The molecular weight excluding hydrogens is 379 g/mol. The summed E-state index contributed by atoms with van der Waals surface area (Å²) in [6, 6.07) is 11.5. The van der Waals surface area contributed by atoms with Crippen molar-refractivity contribution in [3.63, 3.8) is 0 Å². The van der Waals surface area contributed by atoms with Crippen molar-refractivity contribution in [3.05, 3.63) is 69.0 Å². The fourth-order valence-electron chi connectivity index (χ4n) is 2.29. The van der Waals surface area contributed by atoms with Crippen LogP contribution in [0.25, 0.3) is 0 Å². The van der Waals surface area contributed by atoms with Crippen molar-refractivity contribution in [3.8, 4) is 5.75 Å². The Morgan fingerprint density at radius 1 is 1.04 bits per heavy atom. The summed E-state index contributed by atoms with van der Waals surface area (Å²) in [4.78, 5) is 0. The first kappa shape index (κ1) is 18.1. The fourth-order valence-corrected chi connectivity index (χ4v) is 3.33. The first-order valence-corrected chi connectivity index (χ1v) is 9.35. The molecule has 0 N–H and O–H groups in total. The van der Waals surface area contributed by atoms with E-state index in [1.165, 1.54) is 11.8 Å². The molecule has 2 aromatic carbocycles. The van der Waals surface area contributed by atoms with E-state index in [1.807, 2.05) is 44.2 Å². The van der Waals surface area contributed by atoms with Crippen LogP contribution in [0.2, 0.25) is 10.0 Å². The molecule has 0 fully saturated rings. The van der Waals surface area contributed by atoms with Gasteiger partial charge in [-0.1, -0.05) is 59.2 Å². The number of benzene rings is 2. The molecule has 4 nitrogen and oxygen atoms in total. The first-order valence-electron chi connectivity index (χ1n) is 7.61. The second-order valence-electron chi connectivity index (χ2n) is 5.51. The molecule has 1 heterocycles. The number of thioether (sulfide) groups is 1. The molecule has 0 radical (unpaired) electrons. The molecule has 7 heteroatoms. The van der Waals surface area contributed by atoms with E-state index in [1.54, 1.807) is 6.07 Å². The second-order valence-corrected chi connectivity index (χ2v) is 7.25. The molecule has 0 aliphatic heterocycles. The molecule has 3 aromatic rings. The van der Waals surface area contributed by atoms with Gasteiger partial charge in [0.05, 0.1) is 10.0 Å². The van der Waals surface area contributed by atoms with Gasteiger partial charge in [-0.2, -0.15) is 0 Å². The number of nitrogens with zero attached hydrogens (tertiary/aromatic N) is 2. The lowest BCUT2D eigenvalue weighted by Crippen LogP contribution is -1.99. The fraction of sp³-hybridized carbons (Fsp3) is 0.222. The average molecular weight is 395 g/mol. The third kappa shape index (κ3) is 4.69. The molecule has 0 bridgehead atoms. The van der Waals surface area contributed by atoms with Gasteiger partial charge < -0.3 is 9.15 Å². The maximum atomic E-state index is 6.02. The highest BCUT2D eigenvalue weighted by Crippen LogP contribution is 2.28. The summed E-state index contributed by atoms with van der Waals surface area (Å²) in [5.41, 5.74) is 3.19. The minimum atomic E-state index is 0.242. The number of hydrogen-bond donors (Lipinski definition) is 0. The summed E-state index contributed by atoms with van der Waals surface area (Å²) in [6.45, 7) is 4.26. The summed E-state index contributed by atoms with van der Waals surface area (Å²) in [5, 5.41) is 9.63. The van der Waals surface area contributed by atoms with Crippen LogP contribution >= 0.6 is 35.0 Å². The van der Waals surface area contributed by atoms with Crippen molar-refractivity contribution >= 4 is 35.0 Å². The number of rotatable bonds is 6. The molecular formula is C18H16Cl2N2O2S. The highest BCUT2D eigenvalue weighted by molar-refractivity contribution is 7.98. The van der Waals surface area contributed by atoms with Crippen LogP contribution in [0.15, 0.2) is 46.0 Å². The predicted octanol–water partition coefficient (Wildman–Crippen LogP) is 5.86. The maximum Gasteiger partial charge on any atom is 0.277 e. The number of aryl methyl sites for hydroxylation is 2. The molecule has 0 amide bonds. The van der Waals surface area contributed by atoms with E-state index >= 15 is 0 Å². The molecule has 0 spiro atoms. The quantitative estimate of drug-likeness (QED) is 0.489. The van der Waals surface area contributed by atoms with Gasteiger partial charge in [-0.3, -0.25) is 0 Å². The van der Waals surface area contributed by atoms with Crippen molar-refractivity contribution in [1.82, 2.24) is 10.2 Å². The van der Waals surface area contributed by atoms with Gasteiger partial charge in [0.1, 0.15) is 5.75 Å². The Hall–Kier alpha value is -1.69. The van der Waals surface area contributed by atoms with E-state index in [-0.39, 0.29) is 6.61 Å². The molecule has 0 saturated heterocycles. The summed E-state index contributed by atoms with van der Waals surface area (Å²) in [7, 11) is 0. The minimum absolute atomic E-state index is 0.242. The van der Waals surface area contributed by atoms with Crippen LogP contribution in [0.4, 0.5) is 0 Å². The van der Waals surface area contributed by atoms with Gasteiger partial charge in [0, 0.05) is 5.75 Å². The molecule has 1 aromatic heterocycles. The number of halogens is 2. The monoisotopic (exact) mass is 394 g/mol. The Kier molecular flexibility index (Phi) is 5.89. The van der Waals surface area contributed by atoms with Gasteiger partial charge in [-0.25, -0.2) is 0 Å². The first-order chi connectivity index (χ1) is 12.0. The van der Waals surface area contributed by atoms with Gasteiger partial charge >= 0.3 is 0 Å². The standard InChI is InChI=1S/C18H16Cl2N2O2S/c1-11-4-3-5-12(2)17(11)23-9-16-21-22-18(24-16)25-10-13-6-7-14(19)15(20)8-13/h3-8H,9-10H2,1-2H3. The Bertz CT molecular complexity index is 863. The van der Waals surface area contributed by atoms with Crippen LogP contribution in [-0.4, -0.2) is 10.2 Å². The largest absolute Gasteiger partial charge is 0.483 e. The third-order valence-corrected chi connectivity index (χ3v) is 5.17. The molecule has 3 rings (SSSR count). The van der Waals surface area contributed by atoms with Gasteiger partial charge in [-0.15, -0.1) is 10.2 Å². The topological polar surface area (TPSA) is 48.2 Å². The van der Waals surface area contributed by atoms with Crippen molar-refractivity contribution in [1.29, 1.82) is 0 Å². The van der Waals surface area contributed by atoms with Crippen molar-refractivity contribution in [2.45, 2.75) is 31.4 Å². The number of hydrogen-bond acceptors (Lipinski definition) is 5. The van der Waals surface area contributed by atoms with E-state index in [9.17, 15) is 0 Å². The van der Waals surface area contributed by atoms with Gasteiger partial charge in [-0.05, 0) is 42.7 Å². The SMILES string of the molecule is Cc1cccc(C)c1OCc1nnc(SCc2ccc(Cl)c(Cl)c2)o1. The van der Waals surface area contributed by atoms with Crippen LogP contribution in [0.5, 0.6) is 5.75 Å². The Balaban J connectivity index is 1.58. The van der Waals surface area contributed by atoms with Crippen LogP contribution in [0.1, 0.15) is 22.6 Å². The summed E-state index contributed by atoms with van der Waals surface area (Å²) in [5.74, 6) is 1.96. The van der Waals surface area contributed by atoms with Gasteiger partial charge in [0.25, 0.3) is 11.1 Å². The van der Waals surface area contributed by atoms with Crippen LogP contribution in [0, 0.1) is 13.8 Å². The van der Waals surface area contributed by atoms with Crippen LogP contribution < -0.4 is 4.74 Å². The van der Waals surface area contributed by atoms with E-state index in [4.69, 9.17) is 32.4 Å². The van der Waals surface area contributed by atoms with E-state index in [0.29, 0.717) is 26.9 Å². The lowest BCUT2D eigenvalue weighted by atomic mass is 10.1. The smallest absolute Gasteiger partial charge is 0.277 e. The Morgan fingerprint density at radius 3 is 2.52 bits per heavy atom. The van der Waals surface area contributed by atoms with Crippen molar-refractivity contribution in [2.75, 3.05) is 0 Å². The average Bonchev–Trinajstić information content (AvgIpc) is 3.03. The van der Waals surface area contributed by atoms with Crippen LogP contribution in [0.3, 0.4) is 0 Å². The normalized spacial score (nSPS) is 10.9. The Morgan fingerprint density at radius 2 is 1.80 bits per heavy atom. The zero-order valence-electron chi connectivity index (χ0n) is 13.8. The van der Waals surface area contributed by atoms with Gasteiger partial charge in [0.15, 0.2) is 6.61 Å². The van der Waals surface area contributed by atoms with Gasteiger partial charge in [0.2, 0.25) is 0 Å². The molecule has 25 heavy (non-hydrogen) atoms. The van der Waals surface area contributed by atoms with E-state index in [0.717, 1.165) is 22.4 Å². The highest BCUT2D eigenvalue weighted by Gasteiger charge is 2.10. The summed E-state index contributed by atoms with van der Waals surface area (Å²) in [6.07, 6.45) is 0. The zero-order chi connectivity index (χ0) is 17.8. The highest BCUT2D eigenvalue weighted by atomic mass is 35.5. The molecule has 130 valence electrons. The minimum Gasteiger partial charge on any atom is -0.483 e. The zero-order valence-corrected chi connectivity index (χ0v) is 16.1. The molecule has 0 atom stereocenters. The Labute approximate surface area is 160 Å². The van der Waals surface area contributed by atoms with E-state index < -0.39 is 0 Å². The number of aromatic nitrogens is 2. The molecule has 0 unspecified atom stereocenters. The summed E-state index contributed by atoms with van der Waals surface area (Å²) < 4.78 is 11.4. The predicted molar refractivity (Wildman–Crippen MR) is 101 cm³/mol. The number of para-hydroxylation sites is 1. The van der Waals surface area contributed by atoms with Crippen molar-refractivity contribution < 1.29 is 9.15 Å². The lowest BCUT2D eigenvalue weighted by Gasteiger charge is -2.09. The second kappa shape index (κ2) is 8.13. The van der Waals surface area contributed by atoms with E-state index in [2.05, 4.69) is 10.2 Å². The van der Waals surface area contributed by atoms with Crippen LogP contribution in [-0.2, 0) is 12.4 Å². The third-order valence-electron chi connectivity index (χ3n) is 3.54. The number of ether oxygens (including phenoxy) is 1. The lowest BCUT2D eigenvalue weighted by molar-refractivity contribution is 0.249. The van der Waals surface area contributed by atoms with Crippen molar-refractivity contribution in [2.24, 2.45) is 0 Å². The summed E-state index contributed by atoms with van der Waals surface area (Å²) >= 11 is 13.4.